The molecule has 4 nitrogen and oxygen atoms in total. The summed E-state index contributed by atoms with van der Waals surface area (Å²) in [5, 5.41) is 0. The van der Waals surface area contributed by atoms with E-state index < -0.39 is 0 Å². The Morgan fingerprint density at radius 2 is 1.95 bits per heavy atom. The molecule has 0 saturated carbocycles. The van der Waals surface area contributed by atoms with Crippen molar-refractivity contribution in [1.29, 1.82) is 0 Å². The molecule has 0 fully saturated rings. The molecule has 0 radical (unpaired) electrons. The van der Waals surface area contributed by atoms with E-state index in [2.05, 4.69) is 18.8 Å². The van der Waals surface area contributed by atoms with E-state index in [1.54, 1.807) is 24.3 Å². The Kier molecular flexibility index (Phi) is 10.7. The summed E-state index contributed by atoms with van der Waals surface area (Å²) < 4.78 is 0. The number of hydrogen-bond acceptors (Lipinski definition) is 3. The van der Waals surface area contributed by atoms with Crippen molar-refractivity contribution >= 4 is 30.7 Å². The van der Waals surface area contributed by atoms with Crippen molar-refractivity contribution in [2.75, 3.05) is 13.6 Å². The Hall–Kier alpha value is -0.840. The maximum Gasteiger partial charge on any atom is 0.255 e. The Morgan fingerprint density at radius 1 is 1.35 bits per heavy atom. The van der Waals surface area contributed by atoms with Crippen LogP contribution in [0, 0.1) is 12.8 Å². The van der Waals surface area contributed by atoms with Gasteiger partial charge in [0.2, 0.25) is 0 Å². The fourth-order valence-electron chi connectivity index (χ4n) is 1.67. The number of rotatable bonds is 5. The number of amides is 1. The van der Waals surface area contributed by atoms with Crippen LogP contribution in [-0.2, 0) is 0 Å². The van der Waals surface area contributed by atoms with Crippen molar-refractivity contribution in [3.63, 3.8) is 0 Å². The Labute approximate surface area is 134 Å². The van der Waals surface area contributed by atoms with Crippen molar-refractivity contribution < 1.29 is 4.79 Å². The average molecular weight is 322 g/mol. The third-order valence-electron chi connectivity index (χ3n) is 3.12. The van der Waals surface area contributed by atoms with Crippen LogP contribution in [0.25, 0.3) is 0 Å². The Bertz CT molecular complexity index is 413. The Morgan fingerprint density at radius 3 is 2.45 bits per heavy atom. The van der Waals surface area contributed by atoms with E-state index in [0.717, 1.165) is 12.0 Å². The van der Waals surface area contributed by atoms with E-state index >= 15 is 0 Å². The highest BCUT2D eigenvalue weighted by atomic mass is 35.5. The minimum Gasteiger partial charge on any atom is -0.342 e. The van der Waals surface area contributed by atoms with Gasteiger partial charge in [-0.05, 0) is 30.9 Å². The number of pyridine rings is 1. The van der Waals surface area contributed by atoms with Gasteiger partial charge in [-0.1, -0.05) is 13.8 Å². The first kappa shape index (κ1) is 21.5. The van der Waals surface area contributed by atoms with Crippen LogP contribution < -0.4 is 5.73 Å². The molecular weight excluding hydrogens is 297 g/mol. The molecule has 20 heavy (non-hydrogen) atoms. The highest BCUT2D eigenvalue weighted by Crippen LogP contribution is 2.08. The molecule has 1 rings (SSSR count). The SMILES string of the molecule is Cc1cncc(C(=O)N(C)CCC(N)C(C)C)c1.Cl.Cl. The van der Waals surface area contributed by atoms with E-state index in [4.69, 9.17) is 5.73 Å². The zero-order valence-corrected chi connectivity index (χ0v) is 14.1. The number of carbonyl (C=O) groups excluding carboxylic acids is 1. The number of hydrogen-bond donors (Lipinski definition) is 1. The molecule has 0 bridgehead atoms. The van der Waals surface area contributed by atoms with Crippen molar-refractivity contribution in [2.24, 2.45) is 11.7 Å². The summed E-state index contributed by atoms with van der Waals surface area (Å²) in [5.41, 5.74) is 7.61. The Balaban J connectivity index is 0. The minimum atomic E-state index is 0. The van der Waals surface area contributed by atoms with Crippen LogP contribution in [0.5, 0.6) is 0 Å². The topological polar surface area (TPSA) is 59.2 Å². The molecule has 1 heterocycles. The molecular formula is C14H25Cl2N3O. The maximum atomic E-state index is 12.1. The summed E-state index contributed by atoms with van der Waals surface area (Å²) in [4.78, 5) is 17.9. The van der Waals surface area contributed by atoms with Gasteiger partial charge in [-0.25, -0.2) is 0 Å². The summed E-state index contributed by atoms with van der Waals surface area (Å²) in [7, 11) is 1.80. The zero-order chi connectivity index (χ0) is 13.7. The standard InChI is InChI=1S/C14H23N3O.2ClH/c1-10(2)13(15)5-6-17(4)14(18)12-7-11(3)8-16-9-12;;/h7-10,13H,5-6,15H2,1-4H3;2*1H. The van der Waals surface area contributed by atoms with Gasteiger partial charge in [-0.2, -0.15) is 0 Å². The van der Waals surface area contributed by atoms with Crippen molar-refractivity contribution in [3.8, 4) is 0 Å². The fraction of sp³-hybridized carbons (Fsp3) is 0.571. The first-order chi connectivity index (χ1) is 8.41. The van der Waals surface area contributed by atoms with Gasteiger partial charge in [0.15, 0.2) is 0 Å². The summed E-state index contributed by atoms with van der Waals surface area (Å²) in [6.45, 7) is 6.79. The van der Waals surface area contributed by atoms with Gasteiger partial charge in [-0.15, -0.1) is 24.8 Å². The molecule has 0 spiro atoms. The van der Waals surface area contributed by atoms with Crippen LogP contribution in [0.1, 0.15) is 36.2 Å². The fourth-order valence-corrected chi connectivity index (χ4v) is 1.67. The first-order valence-corrected chi connectivity index (χ1v) is 6.34. The number of nitrogens with zero attached hydrogens (tertiary/aromatic N) is 2. The van der Waals surface area contributed by atoms with Crippen molar-refractivity contribution in [3.05, 3.63) is 29.6 Å². The van der Waals surface area contributed by atoms with Gasteiger partial charge in [-0.3, -0.25) is 9.78 Å². The van der Waals surface area contributed by atoms with Crippen LogP contribution in [0.4, 0.5) is 0 Å². The lowest BCUT2D eigenvalue weighted by atomic mass is 10.0. The zero-order valence-electron chi connectivity index (χ0n) is 12.5. The molecule has 1 atom stereocenters. The third kappa shape index (κ3) is 6.55. The van der Waals surface area contributed by atoms with Crippen LogP contribution in [-0.4, -0.2) is 35.4 Å². The van der Waals surface area contributed by atoms with Crippen LogP contribution >= 0.6 is 24.8 Å². The van der Waals surface area contributed by atoms with E-state index in [0.29, 0.717) is 18.0 Å². The molecule has 1 unspecified atom stereocenters. The molecule has 0 saturated heterocycles. The molecule has 116 valence electrons. The molecule has 0 aliphatic rings. The molecule has 0 aliphatic carbocycles. The van der Waals surface area contributed by atoms with E-state index in [1.165, 1.54) is 0 Å². The lowest BCUT2D eigenvalue weighted by Crippen LogP contribution is -2.34. The molecule has 0 aliphatic heterocycles. The smallest absolute Gasteiger partial charge is 0.255 e. The number of aromatic nitrogens is 1. The average Bonchev–Trinajstić information content (AvgIpc) is 2.34. The highest BCUT2D eigenvalue weighted by Gasteiger charge is 2.14. The van der Waals surface area contributed by atoms with Crippen molar-refractivity contribution in [1.82, 2.24) is 9.88 Å². The lowest BCUT2D eigenvalue weighted by Gasteiger charge is -2.21. The molecule has 6 heteroatoms. The predicted octanol–water partition coefficient (Wildman–Crippen LogP) is 2.68. The predicted molar refractivity (Wildman–Crippen MR) is 87.9 cm³/mol. The van der Waals surface area contributed by atoms with E-state index in [-0.39, 0.29) is 36.8 Å². The summed E-state index contributed by atoms with van der Waals surface area (Å²) in [6.07, 6.45) is 4.17. The van der Waals surface area contributed by atoms with Crippen LogP contribution in [0.3, 0.4) is 0 Å². The third-order valence-corrected chi connectivity index (χ3v) is 3.12. The number of aryl methyl sites for hydroxylation is 1. The van der Waals surface area contributed by atoms with Crippen LogP contribution in [0.15, 0.2) is 18.5 Å². The first-order valence-electron chi connectivity index (χ1n) is 6.34. The van der Waals surface area contributed by atoms with Gasteiger partial charge >= 0.3 is 0 Å². The second-order valence-corrected chi connectivity index (χ2v) is 5.17. The van der Waals surface area contributed by atoms with E-state index in [9.17, 15) is 4.79 Å². The molecule has 0 aromatic carbocycles. The number of nitrogens with two attached hydrogens (primary N) is 1. The van der Waals surface area contributed by atoms with Crippen molar-refractivity contribution in [2.45, 2.75) is 33.2 Å². The van der Waals surface area contributed by atoms with Gasteiger partial charge in [0.1, 0.15) is 0 Å². The summed E-state index contributed by atoms with van der Waals surface area (Å²) in [5.74, 6) is 0.441. The quantitative estimate of drug-likeness (QED) is 0.907. The van der Waals surface area contributed by atoms with Gasteiger partial charge in [0, 0.05) is 32.0 Å². The lowest BCUT2D eigenvalue weighted by molar-refractivity contribution is 0.0788. The number of carbonyl (C=O) groups is 1. The summed E-state index contributed by atoms with van der Waals surface area (Å²) >= 11 is 0. The normalized spacial score (nSPS) is 11.3. The minimum absolute atomic E-state index is 0. The number of halogens is 2. The second kappa shape index (κ2) is 9.97. The molecule has 1 aromatic rings. The summed E-state index contributed by atoms with van der Waals surface area (Å²) in [6, 6.07) is 1.99. The highest BCUT2D eigenvalue weighted by molar-refractivity contribution is 5.93. The van der Waals surface area contributed by atoms with E-state index in [1.807, 2.05) is 13.0 Å². The van der Waals surface area contributed by atoms with Gasteiger partial charge in [0.05, 0.1) is 5.56 Å². The monoisotopic (exact) mass is 321 g/mol. The molecule has 2 N–H and O–H groups in total. The maximum absolute atomic E-state index is 12.1. The molecule has 1 amide bonds. The molecule has 1 aromatic heterocycles. The largest absolute Gasteiger partial charge is 0.342 e. The van der Waals surface area contributed by atoms with Crippen LogP contribution in [0.2, 0.25) is 0 Å². The van der Waals surface area contributed by atoms with Gasteiger partial charge in [0.25, 0.3) is 5.91 Å². The van der Waals surface area contributed by atoms with Gasteiger partial charge < -0.3 is 10.6 Å². The second-order valence-electron chi connectivity index (χ2n) is 5.17.